The van der Waals surface area contributed by atoms with Gasteiger partial charge in [0.25, 0.3) is 0 Å². The van der Waals surface area contributed by atoms with E-state index >= 15 is 0 Å². The number of benzene rings is 2. The van der Waals surface area contributed by atoms with Crippen molar-refractivity contribution in [3.05, 3.63) is 59.3 Å². The van der Waals surface area contributed by atoms with Crippen molar-refractivity contribution < 1.29 is 0 Å². The Kier molecular flexibility index (Phi) is 4.16. The van der Waals surface area contributed by atoms with E-state index in [0.29, 0.717) is 5.69 Å². The van der Waals surface area contributed by atoms with E-state index in [1.807, 2.05) is 43.3 Å². The number of nitriles is 3. The second-order valence-corrected chi connectivity index (χ2v) is 5.39. The minimum atomic E-state index is -0.251. The molecule has 3 rings (SSSR count). The van der Waals surface area contributed by atoms with Crippen LogP contribution in [0.15, 0.2) is 53.7 Å². The molecule has 1 aromatic heterocycles. The Balaban J connectivity index is 1.89. The minimum absolute atomic E-state index is 0.0723. The van der Waals surface area contributed by atoms with Gasteiger partial charge in [-0.1, -0.05) is 6.07 Å². The van der Waals surface area contributed by atoms with Gasteiger partial charge in [-0.25, -0.2) is 4.98 Å². The Bertz CT molecular complexity index is 1080. The van der Waals surface area contributed by atoms with Gasteiger partial charge in [-0.2, -0.15) is 15.8 Å². The molecule has 1 heterocycles. The summed E-state index contributed by atoms with van der Waals surface area (Å²) in [7, 11) is 0. The van der Waals surface area contributed by atoms with Gasteiger partial charge >= 0.3 is 0 Å². The molecule has 0 radical (unpaired) electrons. The first-order valence-corrected chi connectivity index (χ1v) is 7.43. The average molecular weight is 324 g/mol. The predicted molar refractivity (Wildman–Crippen MR) is 93.8 cm³/mol. The van der Waals surface area contributed by atoms with Crippen molar-refractivity contribution in [1.29, 1.82) is 15.8 Å². The van der Waals surface area contributed by atoms with Gasteiger partial charge in [0.1, 0.15) is 29.7 Å². The lowest BCUT2D eigenvalue weighted by Crippen LogP contribution is -2.00. The van der Waals surface area contributed by atoms with Gasteiger partial charge < -0.3 is 10.3 Å². The van der Waals surface area contributed by atoms with E-state index in [4.69, 9.17) is 15.8 Å². The number of nitrogens with one attached hydrogen (secondary N) is 2. The van der Waals surface area contributed by atoms with Gasteiger partial charge in [-0.3, -0.25) is 0 Å². The van der Waals surface area contributed by atoms with Crippen LogP contribution in [0.25, 0.3) is 22.4 Å². The third kappa shape index (κ3) is 3.17. The normalized spacial score (nSPS) is 9.68. The third-order valence-electron chi connectivity index (χ3n) is 3.65. The van der Waals surface area contributed by atoms with Crippen molar-refractivity contribution in [2.75, 3.05) is 5.32 Å². The van der Waals surface area contributed by atoms with Crippen molar-refractivity contribution in [1.82, 2.24) is 9.97 Å². The number of imidazole rings is 1. The highest BCUT2D eigenvalue weighted by molar-refractivity contribution is 5.80. The zero-order valence-electron chi connectivity index (χ0n) is 13.3. The molecule has 0 fully saturated rings. The van der Waals surface area contributed by atoms with E-state index in [9.17, 15) is 0 Å². The maximum Gasteiger partial charge on any atom is 0.163 e. The maximum atomic E-state index is 9.07. The van der Waals surface area contributed by atoms with Gasteiger partial charge in [0.05, 0.1) is 11.0 Å². The molecular weight excluding hydrogens is 312 g/mol. The van der Waals surface area contributed by atoms with Crippen LogP contribution < -0.4 is 5.32 Å². The number of fused-ring (bicyclic) bond motifs is 1. The molecule has 0 atom stereocenters. The molecule has 0 saturated heterocycles. The zero-order chi connectivity index (χ0) is 17.8. The Hall–Kier alpha value is -4.08. The van der Waals surface area contributed by atoms with Gasteiger partial charge in [0.15, 0.2) is 5.57 Å². The van der Waals surface area contributed by atoms with Gasteiger partial charge in [-0.15, -0.1) is 0 Å². The third-order valence-corrected chi connectivity index (χ3v) is 3.65. The number of aromatic nitrogens is 2. The summed E-state index contributed by atoms with van der Waals surface area (Å²) in [5, 5.41) is 29.6. The van der Waals surface area contributed by atoms with Crippen molar-refractivity contribution in [2.24, 2.45) is 0 Å². The molecule has 118 valence electrons. The largest absolute Gasteiger partial charge is 0.345 e. The fourth-order valence-corrected chi connectivity index (χ4v) is 2.40. The van der Waals surface area contributed by atoms with Crippen LogP contribution in [0.3, 0.4) is 0 Å². The lowest BCUT2D eigenvalue weighted by molar-refractivity contribution is 1.33. The van der Waals surface area contributed by atoms with E-state index in [1.54, 1.807) is 24.3 Å². The van der Waals surface area contributed by atoms with Gasteiger partial charge in [0.2, 0.25) is 0 Å². The Morgan fingerprint density at radius 1 is 1.00 bits per heavy atom. The van der Waals surface area contributed by atoms with E-state index in [0.717, 1.165) is 28.0 Å². The van der Waals surface area contributed by atoms with Crippen LogP contribution in [0.1, 0.15) is 5.56 Å². The standard InChI is InChI=1S/C19H12N6/c1-12-2-7-16-17(8-12)25-19(24-16)13-3-5-15(6-4-13)23-18(11-22)14(9-20)10-21/h2-8,23H,1H3,(H,24,25). The first-order chi connectivity index (χ1) is 12.1. The van der Waals surface area contributed by atoms with Crippen LogP contribution in [0, 0.1) is 40.9 Å². The summed E-state index contributed by atoms with van der Waals surface area (Å²) in [5.41, 5.74) is 4.20. The molecule has 0 aliphatic carbocycles. The monoisotopic (exact) mass is 324 g/mol. The number of aromatic amines is 1. The van der Waals surface area contributed by atoms with Crippen LogP contribution in [0.4, 0.5) is 5.69 Å². The predicted octanol–water partition coefficient (Wildman–Crippen LogP) is 3.78. The van der Waals surface area contributed by atoms with Gasteiger partial charge in [-0.05, 0) is 48.9 Å². The highest BCUT2D eigenvalue weighted by Gasteiger charge is 2.08. The van der Waals surface area contributed by atoms with Crippen molar-refractivity contribution >= 4 is 16.7 Å². The second kappa shape index (κ2) is 6.58. The van der Waals surface area contributed by atoms with Crippen molar-refractivity contribution in [3.8, 4) is 29.6 Å². The highest BCUT2D eigenvalue weighted by atomic mass is 14.9. The Labute approximate surface area is 144 Å². The molecule has 0 aliphatic heterocycles. The molecule has 3 aromatic rings. The topological polar surface area (TPSA) is 112 Å². The quantitative estimate of drug-likeness (QED) is 0.712. The molecule has 25 heavy (non-hydrogen) atoms. The molecule has 0 amide bonds. The number of hydrogen-bond donors (Lipinski definition) is 2. The first-order valence-electron chi connectivity index (χ1n) is 7.43. The number of aryl methyl sites for hydroxylation is 1. The summed E-state index contributed by atoms with van der Waals surface area (Å²) in [6.45, 7) is 2.03. The zero-order valence-corrected chi connectivity index (χ0v) is 13.3. The van der Waals surface area contributed by atoms with Crippen LogP contribution >= 0.6 is 0 Å². The smallest absolute Gasteiger partial charge is 0.163 e. The molecule has 2 aromatic carbocycles. The molecule has 0 unspecified atom stereocenters. The molecule has 2 N–H and O–H groups in total. The summed E-state index contributed by atoms with van der Waals surface area (Å²) in [6.07, 6.45) is 0. The second-order valence-electron chi connectivity index (χ2n) is 5.39. The summed E-state index contributed by atoms with van der Waals surface area (Å²) >= 11 is 0. The summed E-state index contributed by atoms with van der Waals surface area (Å²) in [4.78, 5) is 7.84. The van der Waals surface area contributed by atoms with E-state index in [-0.39, 0.29) is 11.3 Å². The van der Waals surface area contributed by atoms with Crippen molar-refractivity contribution in [2.45, 2.75) is 6.92 Å². The number of allylic oxidation sites excluding steroid dienone is 2. The van der Waals surface area contributed by atoms with Crippen molar-refractivity contribution in [3.63, 3.8) is 0 Å². The van der Waals surface area contributed by atoms with E-state index in [1.165, 1.54) is 0 Å². The summed E-state index contributed by atoms with van der Waals surface area (Å²) < 4.78 is 0. The number of rotatable bonds is 3. The maximum absolute atomic E-state index is 9.07. The van der Waals surface area contributed by atoms with E-state index in [2.05, 4.69) is 15.3 Å². The number of hydrogen-bond acceptors (Lipinski definition) is 5. The molecule has 0 bridgehead atoms. The first kappa shape index (κ1) is 15.8. The molecule has 0 saturated carbocycles. The molecule has 0 spiro atoms. The Morgan fingerprint density at radius 2 is 1.72 bits per heavy atom. The average Bonchev–Trinajstić information content (AvgIpc) is 3.05. The fourth-order valence-electron chi connectivity index (χ4n) is 2.40. The molecule has 0 aliphatic rings. The molecule has 6 nitrogen and oxygen atoms in total. The van der Waals surface area contributed by atoms with Crippen LogP contribution in [0.5, 0.6) is 0 Å². The number of nitrogens with zero attached hydrogens (tertiary/aromatic N) is 4. The minimum Gasteiger partial charge on any atom is -0.345 e. The lowest BCUT2D eigenvalue weighted by atomic mass is 10.2. The Morgan fingerprint density at radius 3 is 2.36 bits per heavy atom. The number of anilines is 1. The lowest BCUT2D eigenvalue weighted by Gasteiger charge is -2.05. The molecule has 6 heteroatoms. The molecular formula is C19H12N6. The summed E-state index contributed by atoms with van der Waals surface area (Å²) in [6, 6.07) is 18.5. The number of H-pyrrole nitrogens is 1. The highest BCUT2D eigenvalue weighted by Crippen LogP contribution is 2.23. The van der Waals surface area contributed by atoms with Crippen LogP contribution in [0.2, 0.25) is 0 Å². The summed E-state index contributed by atoms with van der Waals surface area (Å²) in [5.74, 6) is 0.748. The van der Waals surface area contributed by atoms with E-state index < -0.39 is 0 Å². The van der Waals surface area contributed by atoms with Gasteiger partial charge in [0, 0.05) is 11.3 Å². The SMILES string of the molecule is Cc1ccc2nc(-c3ccc(NC(C#N)=C(C#N)C#N)cc3)[nH]c2c1. The van der Waals surface area contributed by atoms with Crippen LogP contribution in [-0.4, -0.2) is 9.97 Å². The fraction of sp³-hybridized carbons (Fsp3) is 0.0526. The van der Waals surface area contributed by atoms with Crippen LogP contribution in [-0.2, 0) is 0 Å².